The minimum Gasteiger partial charge on any atom is -0.387 e. The van der Waals surface area contributed by atoms with Gasteiger partial charge in [0, 0.05) is 42.5 Å². The van der Waals surface area contributed by atoms with Crippen molar-refractivity contribution >= 4 is 17.7 Å². The Bertz CT molecular complexity index is 1230. The van der Waals surface area contributed by atoms with E-state index in [-0.39, 0.29) is 5.91 Å². The molecule has 5 nitrogen and oxygen atoms in total. The molecule has 0 unspecified atom stereocenters. The number of anilines is 1. The standard InChI is InChI=1S/C28H26N4O/c29-18-20-5-4-8-22(15-20)24-16-23-9-12-30-19-26(23)27(17-24)31-25-10-13-32(14-11-25)28(33)21-6-2-1-3-7-21/h1-9,12,15-17,25,30-31H,10-11,13-14,19H2. The Morgan fingerprint density at radius 1 is 1.00 bits per heavy atom. The number of carbonyl (C=O) groups is 1. The van der Waals surface area contributed by atoms with Crippen LogP contribution in [0.1, 0.15) is 39.9 Å². The first kappa shape index (κ1) is 20.8. The number of piperidine rings is 1. The van der Waals surface area contributed by atoms with Crippen molar-refractivity contribution in [3.63, 3.8) is 0 Å². The minimum absolute atomic E-state index is 0.111. The summed E-state index contributed by atoms with van der Waals surface area (Å²) >= 11 is 0. The van der Waals surface area contributed by atoms with E-state index < -0.39 is 0 Å². The normalized spacial score (nSPS) is 15.3. The summed E-state index contributed by atoms with van der Waals surface area (Å²) in [6.07, 6.45) is 5.90. The fourth-order valence-corrected chi connectivity index (χ4v) is 4.62. The second-order valence-electron chi connectivity index (χ2n) is 8.58. The highest BCUT2D eigenvalue weighted by Gasteiger charge is 2.24. The Morgan fingerprint density at radius 2 is 1.82 bits per heavy atom. The van der Waals surface area contributed by atoms with E-state index >= 15 is 0 Å². The number of benzene rings is 3. The van der Waals surface area contributed by atoms with E-state index in [0.29, 0.717) is 11.6 Å². The molecule has 0 aliphatic carbocycles. The highest BCUT2D eigenvalue weighted by Crippen LogP contribution is 2.33. The molecule has 0 aromatic heterocycles. The Kier molecular flexibility index (Phi) is 5.82. The van der Waals surface area contributed by atoms with Crippen LogP contribution in [-0.2, 0) is 6.54 Å². The van der Waals surface area contributed by atoms with Gasteiger partial charge in [-0.05, 0) is 78.2 Å². The van der Waals surface area contributed by atoms with Crippen molar-refractivity contribution in [3.8, 4) is 17.2 Å². The zero-order valence-electron chi connectivity index (χ0n) is 18.4. The van der Waals surface area contributed by atoms with E-state index in [1.54, 1.807) is 0 Å². The van der Waals surface area contributed by atoms with Crippen molar-refractivity contribution in [1.29, 1.82) is 5.26 Å². The molecule has 5 rings (SSSR count). The second kappa shape index (κ2) is 9.22. The fourth-order valence-electron chi connectivity index (χ4n) is 4.62. The molecule has 5 heteroatoms. The van der Waals surface area contributed by atoms with Crippen LogP contribution in [0, 0.1) is 11.3 Å². The monoisotopic (exact) mass is 434 g/mol. The lowest BCUT2D eigenvalue weighted by molar-refractivity contribution is 0.0718. The van der Waals surface area contributed by atoms with E-state index in [9.17, 15) is 10.1 Å². The van der Waals surface area contributed by atoms with Crippen LogP contribution in [0.5, 0.6) is 0 Å². The molecule has 0 bridgehead atoms. The minimum atomic E-state index is 0.111. The first-order valence-corrected chi connectivity index (χ1v) is 11.4. The van der Waals surface area contributed by atoms with E-state index in [1.165, 1.54) is 11.1 Å². The van der Waals surface area contributed by atoms with Gasteiger partial charge in [0.2, 0.25) is 0 Å². The quantitative estimate of drug-likeness (QED) is 0.605. The van der Waals surface area contributed by atoms with Crippen molar-refractivity contribution < 1.29 is 4.79 Å². The number of nitriles is 1. The molecule has 0 atom stereocenters. The summed E-state index contributed by atoms with van der Waals surface area (Å²) in [6.45, 7) is 2.27. The molecule has 0 spiro atoms. The summed E-state index contributed by atoms with van der Waals surface area (Å²) in [5, 5.41) is 16.4. The number of amides is 1. The molecule has 2 N–H and O–H groups in total. The molecular weight excluding hydrogens is 408 g/mol. The Labute approximate surface area is 194 Å². The smallest absolute Gasteiger partial charge is 0.253 e. The summed E-state index contributed by atoms with van der Waals surface area (Å²) in [6, 6.07) is 24.2. The molecule has 1 amide bonds. The molecule has 2 aliphatic rings. The molecular formula is C28H26N4O. The number of nitrogens with one attached hydrogen (secondary N) is 2. The Morgan fingerprint density at radius 3 is 2.61 bits per heavy atom. The number of carbonyl (C=O) groups excluding carboxylic acids is 1. The van der Waals surface area contributed by atoms with Gasteiger partial charge in [-0.25, -0.2) is 0 Å². The van der Waals surface area contributed by atoms with Crippen LogP contribution in [0.25, 0.3) is 17.2 Å². The first-order valence-electron chi connectivity index (χ1n) is 11.4. The summed E-state index contributed by atoms with van der Waals surface area (Å²) in [5.41, 5.74) is 7.10. The van der Waals surface area contributed by atoms with Gasteiger partial charge in [-0.2, -0.15) is 5.26 Å². The molecule has 0 saturated carbocycles. The van der Waals surface area contributed by atoms with E-state index in [4.69, 9.17) is 0 Å². The van der Waals surface area contributed by atoms with Crippen LogP contribution in [0.3, 0.4) is 0 Å². The molecule has 3 aromatic carbocycles. The predicted molar refractivity (Wildman–Crippen MR) is 131 cm³/mol. The molecule has 3 aromatic rings. The maximum Gasteiger partial charge on any atom is 0.253 e. The highest BCUT2D eigenvalue weighted by atomic mass is 16.2. The van der Waals surface area contributed by atoms with Crippen LogP contribution in [0.2, 0.25) is 0 Å². The van der Waals surface area contributed by atoms with Gasteiger partial charge in [0.15, 0.2) is 0 Å². The number of hydrogen-bond donors (Lipinski definition) is 2. The van der Waals surface area contributed by atoms with Crippen molar-refractivity contribution in [2.75, 3.05) is 18.4 Å². The SMILES string of the molecule is N#Cc1cccc(-c2cc3c(c(NC4CCN(C(=O)c5ccccc5)CC4)c2)CNC=C3)c1. The lowest BCUT2D eigenvalue weighted by Crippen LogP contribution is -2.42. The van der Waals surface area contributed by atoms with E-state index in [0.717, 1.165) is 54.9 Å². The number of fused-ring (bicyclic) bond motifs is 1. The van der Waals surface area contributed by atoms with Crippen LogP contribution >= 0.6 is 0 Å². The van der Waals surface area contributed by atoms with Gasteiger partial charge >= 0.3 is 0 Å². The van der Waals surface area contributed by atoms with E-state index in [2.05, 4.69) is 34.9 Å². The molecule has 33 heavy (non-hydrogen) atoms. The molecule has 0 radical (unpaired) electrons. The molecule has 1 fully saturated rings. The van der Waals surface area contributed by atoms with Gasteiger partial charge in [0.05, 0.1) is 11.6 Å². The zero-order chi connectivity index (χ0) is 22.6. The summed E-state index contributed by atoms with van der Waals surface area (Å²) in [7, 11) is 0. The number of rotatable bonds is 4. The Hall–Kier alpha value is -4.04. The van der Waals surface area contributed by atoms with Crippen LogP contribution in [-0.4, -0.2) is 29.9 Å². The third-order valence-electron chi connectivity index (χ3n) is 6.43. The zero-order valence-corrected chi connectivity index (χ0v) is 18.4. The summed E-state index contributed by atoms with van der Waals surface area (Å²) in [5.74, 6) is 0.111. The van der Waals surface area contributed by atoms with Gasteiger partial charge in [-0.1, -0.05) is 30.3 Å². The summed E-state index contributed by atoms with van der Waals surface area (Å²) < 4.78 is 0. The van der Waals surface area contributed by atoms with Crippen molar-refractivity contribution in [2.45, 2.75) is 25.4 Å². The average molecular weight is 435 g/mol. The van der Waals surface area contributed by atoms with Crippen LogP contribution < -0.4 is 10.6 Å². The van der Waals surface area contributed by atoms with Crippen molar-refractivity contribution in [3.05, 3.63) is 95.2 Å². The van der Waals surface area contributed by atoms with E-state index in [1.807, 2.05) is 65.7 Å². The number of likely N-dealkylation sites (tertiary alicyclic amines) is 1. The van der Waals surface area contributed by atoms with Gasteiger partial charge < -0.3 is 15.5 Å². The fraction of sp³-hybridized carbons (Fsp3) is 0.214. The van der Waals surface area contributed by atoms with Crippen molar-refractivity contribution in [1.82, 2.24) is 10.2 Å². The predicted octanol–water partition coefficient (Wildman–Crippen LogP) is 5.02. The number of hydrogen-bond acceptors (Lipinski definition) is 4. The van der Waals surface area contributed by atoms with Gasteiger partial charge in [0.25, 0.3) is 5.91 Å². The molecule has 2 heterocycles. The lowest BCUT2D eigenvalue weighted by atomic mass is 9.94. The Balaban J connectivity index is 1.35. The van der Waals surface area contributed by atoms with Crippen molar-refractivity contribution in [2.24, 2.45) is 0 Å². The van der Waals surface area contributed by atoms with Crippen LogP contribution in [0.15, 0.2) is 72.9 Å². The largest absolute Gasteiger partial charge is 0.387 e. The molecule has 1 saturated heterocycles. The third kappa shape index (κ3) is 4.47. The average Bonchev–Trinajstić information content (AvgIpc) is 2.89. The topological polar surface area (TPSA) is 68.2 Å². The maximum absolute atomic E-state index is 12.8. The highest BCUT2D eigenvalue weighted by molar-refractivity contribution is 5.94. The molecule has 164 valence electrons. The van der Waals surface area contributed by atoms with Gasteiger partial charge in [0.1, 0.15) is 0 Å². The lowest BCUT2D eigenvalue weighted by Gasteiger charge is -2.34. The number of nitrogens with zero attached hydrogens (tertiary/aromatic N) is 2. The van der Waals surface area contributed by atoms with Gasteiger partial charge in [-0.15, -0.1) is 0 Å². The second-order valence-corrected chi connectivity index (χ2v) is 8.58. The van der Waals surface area contributed by atoms with Gasteiger partial charge in [-0.3, -0.25) is 4.79 Å². The van der Waals surface area contributed by atoms with Crippen LogP contribution in [0.4, 0.5) is 5.69 Å². The first-order chi connectivity index (χ1) is 16.2. The summed E-state index contributed by atoms with van der Waals surface area (Å²) in [4.78, 5) is 14.7. The maximum atomic E-state index is 12.8. The molecule has 2 aliphatic heterocycles. The third-order valence-corrected chi connectivity index (χ3v) is 6.43.